The summed E-state index contributed by atoms with van der Waals surface area (Å²) in [6, 6.07) is 15.4. The fourth-order valence-electron chi connectivity index (χ4n) is 2.88. The van der Waals surface area contributed by atoms with E-state index >= 15 is 0 Å². The molecule has 0 bridgehead atoms. The van der Waals surface area contributed by atoms with Crippen molar-refractivity contribution in [2.75, 3.05) is 0 Å². The van der Waals surface area contributed by atoms with Gasteiger partial charge in [-0.3, -0.25) is 0 Å². The van der Waals surface area contributed by atoms with E-state index in [1.165, 1.54) is 0 Å². The average Bonchev–Trinajstić information content (AvgIpc) is 2.61. The third kappa shape index (κ3) is 3.69. The van der Waals surface area contributed by atoms with E-state index in [4.69, 9.17) is 0 Å². The maximum Gasteiger partial charge on any atom is 0.125 e. The van der Waals surface area contributed by atoms with E-state index in [1.54, 1.807) is 61.5 Å². The number of rotatable bonds is 4. The predicted molar refractivity (Wildman–Crippen MR) is 96.3 cm³/mol. The molecule has 25 heavy (non-hydrogen) atoms. The molecule has 0 amide bonds. The largest absolute Gasteiger partial charge is 0.508 e. The molecule has 0 aliphatic rings. The minimum atomic E-state index is 0.0834. The Balaban J connectivity index is 1.94. The van der Waals surface area contributed by atoms with Crippen LogP contribution in [0, 0.1) is 6.92 Å². The van der Waals surface area contributed by atoms with Crippen LogP contribution in [0.3, 0.4) is 0 Å². The summed E-state index contributed by atoms with van der Waals surface area (Å²) in [5.74, 6) is 0.561. The average molecular weight is 336 g/mol. The molecule has 3 rings (SSSR count). The highest BCUT2D eigenvalue weighted by molar-refractivity contribution is 5.55. The molecule has 0 saturated carbocycles. The summed E-state index contributed by atoms with van der Waals surface area (Å²) in [6.45, 7) is 1.69. The summed E-state index contributed by atoms with van der Waals surface area (Å²) in [6.07, 6.45) is 0.992. The molecule has 0 unspecified atom stereocenters. The predicted octanol–water partition coefficient (Wildman–Crippen LogP) is 4.00. The van der Waals surface area contributed by atoms with E-state index in [0.717, 1.165) is 22.3 Å². The van der Waals surface area contributed by atoms with Gasteiger partial charge in [0.1, 0.15) is 23.0 Å². The van der Waals surface area contributed by atoms with Gasteiger partial charge < -0.3 is 20.4 Å². The maximum atomic E-state index is 10.4. The molecule has 0 aromatic heterocycles. The van der Waals surface area contributed by atoms with Gasteiger partial charge in [0.15, 0.2) is 0 Å². The lowest BCUT2D eigenvalue weighted by Gasteiger charge is -2.14. The van der Waals surface area contributed by atoms with Crippen LogP contribution in [-0.4, -0.2) is 20.4 Å². The third-order valence-electron chi connectivity index (χ3n) is 4.33. The lowest BCUT2D eigenvalue weighted by atomic mass is 9.94. The van der Waals surface area contributed by atoms with Gasteiger partial charge in [-0.05, 0) is 59.5 Å². The molecule has 128 valence electrons. The molecular formula is C21H20O4. The SMILES string of the molecule is Cc1c(O)c(Cc2ccc(O)cc2)cc(Cc2ccc(O)cc2)c1O. The van der Waals surface area contributed by atoms with Crippen molar-refractivity contribution in [3.8, 4) is 23.0 Å². The van der Waals surface area contributed by atoms with Crippen LogP contribution in [0.4, 0.5) is 0 Å². The van der Waals surface area contributed by atoms with Gasteiger partial charge in [-0.1, -0.05) is 24.3 Å². The van der Waals surface area contributed by atoms with E-state index in [-0.39, 0.29) is 23.0 Å². The van der Waals surface area contributed by atoms with Crippen LogP contribution in [0.5, 0.6) is 23.0 Å². The van der Waals surface area contributed by atoms with Crippen LogP contribution in [-0.2, 0) is 12.8 Å². The van der Waals surface area contributed by atoms with E-state index in [1.807, 2.05) is 0 Å². The molecule has 0 spiro atoms. The first kappa shape index (κ1) is 16.7. The van der Waals surface area contributed by atoms with Crippen molar-refractivity contribution >= 4 is 0 Å². The molecule has 0 aliphatic heterocycles. The van der Waals surface area contributed by atoms with Gasteiger partial charge in [0.2, 0.25) is 0 Å². The summed E-state index contributed by atoms with van der Waals surface area (Å²) in [7, 11) is 0. The van der Waals surface area contributed by atoms with Crippen molar-refractivity contribution < 1.29 is 20.4 Å². The Morgan fingerprint density at radius 1 is 0.600 bits per heavy atom. The summed E-state index contributed by atoms with van der Waals surface area (Å²) in [4.78, 5) is 0. The first-order valence-electron chi connectivity index (χ1n) is 8.03. The fraction of sp³-hybridized carbons (Fsp3) is 0.143. The minimum absolute atomic E-state index is 0.0834. The molecule has 0 heterocycles. The number of benzene rings is 3. The van der Waals surface area contributed by atoms with E-state index < -0.39 is 0 Å². The Labute approximate surface area is 146 Å². The molecule has 3 aromatic rings. The van der Waals surface area contributed by atoms with Crippen LogP contribution >= 0.6 is 0 Å². The highest BCUT2D eigenvalue weighted by Crippen LogP contribution is 2.36. The zero-order valence-electron chi connectivity index (χ0n) is 13.9. The van der Waals surface area contributed by atoms with Crippen LogP contribution < -0.4 is 0 Å². The Morgan fingerprint density at radius 2 is 0.960 bits per heavy atom. The van der Waals surface area contributed by atoms with Gasteiger partial charge in [-0.25, -0.2) is 0 Å². The number of hydrogen-bond acceptors (Lipinski definition) is 4. The Hall–Kier alpha value is -3.14. The van der Waals surface area contributed by atoms with Gasteiger partial charge in [-0.2, -0.15) is 0 Å². The van der Waals surface area contributed by atoms with Crippen molar-refractivity contribution in [3.05, 3.63) is 82.4 Å². The smallest absolute Gasteiger partial charge is 0.125 e. The van der Waals surface area contributed by atoms with Crippen molar-refractivity contribution in [1.82, 2.24) is 0 Å². The Kier molecular flexibility index (Phi) is 4.52. The highest BCUT2D eigenvalue weighted by atomic mass is 16.3. The lowest BCUT2D eigenvalue weighted by Crippen LogP contribution is -1.97. The third-order valence-corrected chi connectivity index (χ3v) is 4.33. The molecule has 4 N–H and O–H groups in total. The second-order valence-electron chi connectivity index (χ2n) is 6.20. The summed E-state index contributed by atoms with van der Waals surface area (Å²) >= 11 is 0. The number of phenolic OH excluding ortho intramolecular Hbond substituents is 4. The van der Waals surface area contributed by atoms with E-state index in [2.05, 4.69) is 0 Å². The normalized spacial score (nSPS) is 10.8. The second-order valence-corrected chi connectivity index (χ2v) is 6.20. The number of phenols is 4. The molecule has 0 fully saturated rings. The van der Waals surface area contributed by atoms with Crippen molar-refractivity contribution in [1.29, 1.82) is 0 Å². The van der Waals surface area contributed by atoms with Crippen molar-refractivity contribution in [2.45, 2.75) is 19.8 Å². The molecule has 0 radical (unpaired) electrons. The van der Waals surface area contributed by atoms with Gasteiger partial charge >= 0.3 is 0 Å². The molecule has 4 nitrogen and oxygen atoms in total. The second kappa shape index (κ2) is 6.77. The van der Waals surface area contributed by atoms with Crippen LogP contribution in [0.2, 0.25) is 0 Å². The maximum absolute atomic E-state index is 10.4. The monoisotopic (exact) mass is 336 g/mol. The minimum Gasteiger partial charge on any atom is -0.508 e. The molecule has 0 atom stereocenters. The fourth-order valence-corrected chi connectivity index (χ4v) is 2.88. The van der Waals surface area contributed by atoms with Gasteiger partial charge in [-0.15, -0.1) is 0 Å². The lowest BCUT2D eigenvalue weighted by molar-refractivity contribution is 0.436. The van der Waals surface area contributed by atoms with Crippen LogP contribution in [0.1, 0.15) is 27.8 Å². The first-order chi connectivity index (χ1) is 11.9. The quantitative estimate of drug-likeness (QED) is 0.580. The zero-order valence-corrected chi connectivity index (χ0v) is 13.9. The highest BCUT2D eigenvalue weighted by Gasteiger charge is 2.15. The van der Waals surface area contributed by atoms with Gasteiger partial charge in [0.25, 0.3) is 0 Å². The van der Waals surface area contributed by atoms with Gasteiger partial charge in [0.05, 0.1) is 0 Å². The molecule has 4 heteroatoms. The van der Waals surface area contributed by atoms with Crippen LogP contribution in [0.25, 0.3) is 0 Å². The first-order valence-corrected chi connectivity index (χ1v) is 8.03. The molecule has 0 aliphatic carbocycles. The molecule has 3 aromatic carbocycles. The summed E-state index contributed by atoms with van der Waals surface area (Å²) in [5, 5.41) is 39.5. The molecular weight excluding hydrogens is 316 g/mol. The standard InChI is InChI=1S/C21H20O4/c1-13-20(24)16(10-14-2-6-18(22)7-3-14)12-17(21(13)25)11-15-4-8-19(23)9-5-15/h2-9,12,22-25H,10-11H2,1H3. The zero-order chi connectivity index (χ0) is 18.0. The van der Waals surface area contributed by atoms with Crippen molar-refractivity contribution in [3.63, 3.8) is 0 Å². The van der Waals surface area contributed by atoms with E-state index in [0.29, 0.717) is 18.4 Å². The Morgan fingerprint density at radius 3 is 1.32 bits per heavy atom. The van der Waals surface area contributed by atoms with Crippen LogP contribution in [0.15, 0.2) is 54.6 Å². The topological polar surface area (TPSA) is 80.9 Å². The summed E-state index contributed by atoms with van der Waals surface area (Å²) in [5.41, 5.74) is 3.79. The van der Waals surface area contributed by atoms with Crippen molar-refractivity contribution in [2.24, 2.45) is 0 Å². The number of hydrogen-bond donors (Lipinski definition) is 4. The number of aromatic hydroxyl groups is 4. The summed E-state index contributed by atoms with van der Waals surface area (Å²) < 4.78 is 0. The van der Waals surface area contributed by atoms with E-state index in [9.17, 15) is 20.4 Å². The molecule has 0 saturated heterocycles. The van der Waals surface area contributed by atoms with Gasteiger partial charge in [0, 0.05) is 18.4 Å². The Bertz CT molecular complexity index is 810.